The first-order chi connectivity index (χ1) is 16.5. The van der Waals surface area contributed by atoms with Crippen LogP contribution in [0.15, 0.2) is 34.6 Å². The summed E-state index contributed by atoms with van der Waals surface area (Å²) in [5, 5.41) is 14.9. The number of thiazole rings is 1. The van der Waals surface area contributed by atoms with Gasteiger partial charge in [0.25, 0.3) is 0 Å². The Labute approximate surface area is 237 Å². The van der Waals surface area contributed by atoms with Crippen LogP contribution in [0.2, 0.25) is 0 Å². The minimum absolute atomic E-state index is 0. The van der Waals surface area contributed by atoms with Crippen LogP contribution in [0.5, 0.6) is 0 Å². The van der Waals surface area contributed by atoms with Crippen LogP contribution in [0.25, 0.3) is 21.8 Å². The van der Waals surface area contributed by atoms with Crippen molar-refractivity contribution in [2.75, 3.05) is 0 Å². The Morgan fingerprint density at radius 3 is 2.61 bits per heavy atom. The van der Waals surface area contributed by atoms with Gasteiger partial charge >= 0.3 is 41.7 Å². The number of thioether (sulfide) groups is 1. The van der Waals surface area contributed by atoms with Crippen LogP contribution in [0.4, 0.5) is 17.6 Å². The van der Waals surface area contributed by atoms with Gasteiger partial charge in [-0.3, -0.25) is 0 Å². The number of nitrogens with zero attached hydrogens (tertiary/aromatic N) is 3. The molecule has 0 amide bonds. The summed E-state index contributed by atoms with van der Waals surface area (Å²) < 4.78 is 55.3. The maximum absolute atomic E-state index is 13.9. The molecule has 0 spiro atoms. The van der Waals surface area contributed by atoms with E-state index in [1.165, 1.54) is 46.0 Å². The molecule has 5 nitrogen and oxygen atoms in total. The van der Waals surface area contributed by atoms with Gasteiger partial charge in [0.05, 0.1) is 21.5 Å². The quantitative estimate of drug-likeness (QED) is 0.279. The first-order valence-electron chi connectivity index (χ1n) is 11.0. The molecule has 36 heavy (non-hydrogen) atoms. The molecular formula is C24H24F4N3NaO2S2. The molecule has 1 aromatic carbocycles. The fraction of sp³-hybridized carbons (Fsp3) is 0.375. The van der Waals surface area contributed by atoms with Gasteiger partial charge in [-0.15, -0.1) is 11.8 Å². The van der Waals surface area contributed by atoms with Crippen LogP contribution < -0.4 is 29.6 Å². The Kier molecular flexibility index (Phi) is 9.14. The third-order valence-corrected chi connectivity index (χ3v) is 7.91. The largest absolute Gasteiger partial charge is 1.00 e. The van der Waals surface area contributed by atoms with Crippen LogP contribution in [0.1, 0.15) is 56.4 Å². The van der Waals surface area contributed by atoms with E-state index in [1.54, 1.807) is 19.1 Å². The first-order valence-corrected chi connectivity index (χ1v) is 12.7. The number of alkyl halides is 3. The summed E-state index contributed by atoms with van der Waals surface area (Å²) >= 11 is 2.76. The summed E-state index contributed by atoms with van der Waals surface area (Å²) in [7, 11) is 0. The standard InChI is InChI=1S/C24H23F4N3O2S2.Na.H/c1-12(2)34-22-19(14-7-9-16(10-8-14)24(26,27)28)29-23(35-22)31-20(21(32)33)18(13(3)30-31)15-5-4-6-17(25)11-15;;/h4-7,11-12,16H,8-10H2,1-3H3,(H,32,33);;/q;+1;-1. The number of hydrogen-bond donors (Lipinski definition) is 1. The molecule has 1 N–H and O–H groups in total. The molecule has 4 rings (SSSR count). The Balaban J connectivity index is 0.00000241. The molecule has 1 unspecified atom stereocenters. The molecule has 188 valence electrons. The summed E-state index contributed by atoms with van der Waals surface area (Å²) in [5.41, 5.74) is 2.21. The molecule has 0 saturated carbocycles. The second kappa shape index (κ2) is 11.4. The number of aromatic nitrogens is 3. The molecule has 1 aliphatic carbocycles. The fourth-order valence-electron chi connectivity index (χ4n) is 4.08. The molecule has 2 heterocycles. The average Bonchev–Trinajstić information content (AvgIpc) is 3.33. The van der Waals surface area contributed by atoms with Gasteiger partial charge in [-0.25, -0.2) is 14.2 Å². The fourth-order valence-corrected chi connectivity index (χ4v) is 6.59. The number of hydrogen-bond acceptors (Lipinski definition) is 5. The van der Waals surface area contributed by atoms with Crippen LogP contribution in [0, 0.1) is 18.7 Å². The minimum Gasteiger partial charge on any atom is -1.00 e. The van der Waals surface area contributed by atoms with Crippen molar-refractivity contribution in [3.8, 4) is 16.3 Å². The maximum atomic E-state index is 13.9. The van der Waals surface area contributed by atoms with Gasteiger partial charge in [-0.1, -0.05) is 43.4 Å². The van der Waals surface area contributed by atoms with E-state index in [4.69, 9.17) is 0 Å². The Bertz CT molecular complexity index is 1310. The third-order valence-electron chi connectivity index (χ3n) is 5.66. The van der Waals surface area contributed by atoms with E-state index in [-0.39, 0.29) is 66.8 Å². The van der Waals surface area contributed by atoms with Crippen LogP contribution in [-0.4, -0.2) is 37.3 Å². The number of carbonyl (C=O) groups is 1. The van der Waals surface area contributed by atoms with Gasteiger partial charge in [0.15, 0.2) is 5.69 Å². The molecule has 0 saturated heterocycles. The number of aromatic carboxylic acids is 1. The van der Waals surface area contributed by atoms with E-state index in [2.05, 4.69) is 10.1 Å². The smallest absolute Gasteiger partial charge is 1.00 e. The van der Waals surface area contributed by atoms with Crippen LogP contribution in [-0.2, 0) is 0 Å². The number of aryl methyl sites for hydroxylation is 1. The predicted octanol–water partition coefficient (Wildman–Crippen LogP) is 4.50. The van der Waals surface area contributed by atoms with E-state index in [0.29, 0.717) is 22.1 Å². The number of halogens is 4. The van der Waals surface area contributed by atoms with Crippen LogP contribution in [0.3, 0.4) is 0 Å². The van der Waals surface area contributed by atoms with E-state index >= 15 is 0 Å². The van der Waals surface area contributed by atoms with E-state index in [1.807, 2.05) is 13.8 Å². The topological polar surface area (TPSA) is 68.0 Å². The number of carboxylic acids is 1. The van der Waals surface area contributed by atoms with Crippen molar-refractivity contribution >= 4 is 34.6 Å². The minimum atomic E-state index is -4.24. The van der Waals surface area contributed by atoms with Gasteiger partial charge < -0.3 is 6.53 Å². The van der Waals surface area contributed by atoms with Crippen molar-refractivity contribution in [3.63, 3.8) is 0 Å². The SMILES string of the molecule is Cc1nn(-c2nc(C3=CCC(C(F)(F)F)CC3)c(SC(C)C)s2)c(C(=O)O)c1-c1cccc(F)c1.[H-].[Na+]. The van der Waals surface area contributed by atoms with Gasteiger partial charge in [-0.05, 0) is 49.5 Å². The first kappa shape index (κ1) is 28.9. The van der Waals surface area contributed by atoms with Gasteiger partial charge in [0.1, 0.15) is 5.82 Å². The van der Waals surface area contributed by atoms with Gasteiger partial charge in [0.2, 0.25) is 5.13 Å². The van der Waals surface area contributed by atoms with Crippen LogP contribution >= 0.6 is 23.1 Å². The van der Waals surface area contributed by atoms with Crippen molar-refractivity contribution in [2.45, 2.75) is 55.7 Å². The summed E-state index contributed by atoms with van der Waals surface area (Å²) in [6.45, 7) is 5.62. The van der Waals surface area contributed by atoms with Crippen molar-refractivity contribution < 1.29 is 58.4 Å². The van der Waals surface area contributed by atoms with Crippen molar-refractivity contribution in [2.24, 2.45) is 5.92 Å². The van der Waals surface area contributed by atoms with E-state index < -0.39 is 23.9 Å². The Morgan fingerprint density at radius 2 is 2.06 bits per heavy atom. The summed E-state index contributed by atoms with van der Waals surface area (Å²) in [4.78, 5) is 17.0. The predicted molar refractivity (Wildman–Crippen MR) is 130 cm³/mol. The monoisotopic (exact) mass is 549 g/mol. The van der Waals surface area contributed by atoms with Gasteiger partial charge in [-0.2, -0.15) is 23.0 Å². The second-order valence-corrected chi connectivity index (χ2v) is 11.4. The normalized spacial score (nSPS) is 16.1. The molecule has 0 radical (unpaired) electrons. The zero-order valence-corrected chi connectivity index (χ0v) is 23.8. The number of benzene rings is 1. The molecule has 0 aliphatic heterocycles. The molecule has 3 aromatic rings. The maximum Gasteiger partial charge on any atom is 1.00 e. The number of rotatable bonds is 6. The zero-order chi connectivity index (χ0) is 25.5. The summed E-state index contributed by atoms with van der Waals surface area (Å²) in [6, 6.07) is 5.63. The average molecular weight is 550 g/mol. The Morgan fingerprint density at radius 1 is 1.33 bits per heavy atom. The Hall–Kier alpha value is -1.66. The molecule has 0 bridgehead atoms. The van der Waals surface area contributed by atoms with Crippen molar-refractivity contribution in [1.29, 1.82) is 0 Å². The van der Waals surface area contributed by atoms with E-state index in [0.717, 1.165) is 9.78 Å². The van der Waals surface area contributed by atoms with Crippen molar-refractivity contribution in [3.05, 3.63) is 53.2 Å². The summed E-state index contributed by atoms with van der Waals surface area (Å²) in [6.07, 6.45) is -2.53. The van der Waals surface area contributed by atoms with Gasteiger partial charge in [0, 0.05) is 10.8 Å². The number of allylic oxidation sites excluding steroid dienone is 2. The zero-order valence-electron chi connectivity index (χ0n) is 21.2. The second-order valence-electron chi connectivity index (χ2n) is 8.58. The molecule has 1 aliphatic rings. The molecular weight excluding hydrogens is 525 g/mol. The van der Waals surface area contributed by atoms with Crippen molar-refractivity contribution in [1.82, 2.24) is 14.8 Å². The third kappa shape index (κ3) is 6.07. The molecule has 1 atom stereocenters. The molecule has 0 fully saturated rings. The summed E-state index contributed by atoms with van der Waals surface area (Å²) in [5.74, 6) is -3.11. The number of carboxylic acid groups (broad SMARTS) is 1. The molecule has 2 aromatic heterocycles. The van der Waals surface area contributed by atoms with E-state index in [9.17, 15) is 27.5 Å². The molecule has 12 heteroatoms.